The van der Waals surface area contributed by atoms with Crippen molar-refractivity contribution in [1.29, 1.82) is 0 Å². The molecule has 0 aliphatic carbocycles. The molecule has 2 amide bonds. The Balaban J connectivity index is 2.02. The maximum atomic E-state index is 11.9. The number of hydrogen-bond acceptors (Lipinski definition) is 4. The van der Waals surface area contributed by atoms with Crippen LogP contribution in [0.5, 0.6) is 11.5 Å². The zero-order valence-corrected chi connectivity index (χ0v) is 16.4. The number of rotatable bonds is 13. The van der Waals surface area contributed by atoms with Crippen molar-refractivity contribution in [2.45, 2.75) is 84.0 Å². The second-order valence-corrected chi connectivity index (χ2v) is 6.99. The van der Waals surface area contributed by atoms with Gasteiger partial charge in [-0.3, -0.25) is 20.4 Å². The summed E-state index contributed by atoms with van der Waals surface area (Å²) in [6.07, 6.45) is 13.8. The first-order valence-electron chi connectivity index (χ1n) is 10.2. The molecule has 152 valence electrons. The fourth-order valence-corrected chi connectivity index (χ4v) is 2.92. The van der Waals surface area contributed by atoms with E-state index in [1.54, 1.807) is 0 Å². The van der Waals surface area contributed by atoms with Crippen molar-refractivity contribution in [3.63, 3.8) is 0 Å². The lowest BCUT2D eigenvalue weighted by atomic mass is 10.1. The van der Waals surface area contributed by atoms with Gasteiger partial charge in [-0.25, -0.2) is 0 Å². The van der Waals surface area contributed by atoms with Crippen LogP contribution in [-0.4, -0.2) is 22.0 Å². The summed E-state index contributed by atoms with van der Waals surface area (Å²) in [5.74, 6) is -1.35. The van der Waals surface area contributed by atoms with Crippen molar-refractivity contribution in [2.24, 2.45) is 0 Å². The van der Waals surface area contributed by atoms with Crippen LogP contribution in [0.1, 0.15) is 94.3 Å². The van der Waals surface area contributed by atoms with E-state index in [0.29, 0.717) is 6.42 Å². The van der Waals surface area contributed by atoms with Crippen molar-refractivity contribution in [1.82, 2.24) is 10.9 Å². The van der Waals surface area contributed by atoms with E-state index in [2.05, 4.69) is 17.8 Å². The number of phenols is 2. The molecule has 0 spiro atoms. The lowest BCUT2D eigenvalue weighted by Crippen LogP contribution is -2.41. The van der Waals surface area contributed by atoms with E-state index >= 15 is 0 Å². The first-order valence-corrected chi connectivity index (χ1v) is 10.2. The molecule has 0 aliphatic heterocycles. The van der Waals surface area contributed by atoms with E-state index in [0.717, 1.165) is 25.3 Å². The second-order valence-electron chi connectivity index (χ2n) is 6.99. The Hall–Kier alpha value is -2.24. The number of carbonyl (C=O) groups is 2. The minimum atomic E-state index is -0.625. The van der Waals surface area contributed by atoms with Gasteiger partial charge in [0.05, 0.1) is 5.56 Å². The molecule has 0 heterocycles. The number of phenolic OH excluding ortho intramolecular Hbond substituents is 2. The summed E-state index contributed by atoms with van der Waals surface area (Å²) in [4.78, 5) is 23.6. The Morgan fingerprint density at radius 1 is 0.815 bits per heavy atom. The zero-order chi connectivity index (χ0) is 19.9. The topological polar surface area (TPSA) is 98.7 Å². The first-order chi connectivity index (χ1) is 13.0. The van der Waals surface area contributed by atoms with Gasteiger partial charge >= 0.3 is 0 Å². The van der Waals surface area contributed by atoms with Crippen molar-refractivity contribution in [3.05, 3.63) is 23.8 Å². The normalized spacial score (nSPS) is 10.6. The van der Waals surface area contributed by atoms with Gasteiger partial charge < -0.3 is 10.2 Å². The van der Waals surface area contributed by atoms with Gasteiger partial charge in [0.2, 0.25) is 5.91 Å². The smallest absolute Gasteiger partial charge is 0.273 e. The number of amides is 2. The van der Waals surface area contributed by atoms with E-state index in [1.165, 1.54) is 63.5 Å². The summed E-state index contributed by atoms with van der Waals surface area (Å²) in [5.41, 5.74) is 4.60. The molecule has 0 unspecified atom stereocenters. The maximum absolute atomic E-state index is 11.9. The van der Waals surface area contributed by atoms with Crippen LogP contribution in [0.2, 0.25) is 0 Å². The van der Waals surface area contributed by atoms with Crippen LogP contribution in [0.4, 0.5) is 0 Å². The van der Waals surface area contributed by atoms with Gasteiger partial charge in [-0.05, 0) is 18.6 Å². The highest BCUT2D eigenvalue weighted by atomic mass is 16.3. The van der Waals surface area contributed by atoms with Gasteiger partial charge in [0.15, 0.2) is 0 Å². The SMILES string of the molecule is CCCCCCCCCCCCCC(=O)NNC(=O)c1ccc(O)cc1O. The van der Waals surface area contributed by atoms with Gasteiger partial charge in [0.25, 0.3) is 5.91 Å². The molecule has 0 aliphatic rings. The molecular formula is C21H34N2O4. The van der Waals surface area contributed by atoms with E-state index < -0.39 is 5.91 Å². The molecule has 0 atom stereocenters. The van der Waals surface area contributed by atoms with Crippen molar-refractivity contribution < 1.29 is 19.8 Å². The molecule has 0 saturated carbocycles. The number of aromatic hydroxyl groups is 2. The third-order valence-corrected chi connectivity index (χ3v) is 4.55. The molecule has 0 fully saturated rings. The average Bonchev–Trinajstić information content (AvgIpc) is 2.64. The average molecular weight is 379 g/mol. The summed E-state index contributed by atoms with van der Waals surface area (Å²) in [6, 6.07) is 3.65. The summed E-state index contributed by atoms with van der Waals surface area (Å²) < 4.78 is 0. The predicted molar refractivity (Wildman–Crippen MR) is 106 cm³/mol. The van der Waals surface area contributed by atoms with Crippen LogP contribution in [-0.2, 0) is 4.79 Å². The van der Waals surface area contributed by atoms with Gasteiger partial charge in [0, 0.05) is 12.5 Å². The van der Waals surface area contributed by atoms with E-state index in [9.17, 15) is 19.8 Å². The summed E-state index contributed by atoms with van der Waals surface area (Å²) in [7, 11) is 0. The highest BCUT2D eigenvalue weighted by molar-refractivity contribution is 5.97. The largest absolute Gasteiger partial charge is 0.508 e. The van der Waals surface area contributed by atoms with Crippen molar-refractivity contribution in [2.75, 3.05) is 0 Å². The zero-order valence-electron chi connectivity index (χ0n) is 16.4. The molecule has 1 aromatic rings. The Morgan fingerprint density at radius 2 is 1.37 bits per heavy atom. The van der Waals surface area contributed by atoms with Gasteiger partial charge in [-0.15, -0.1) is 0 Å². The van der Waals surface area contributed by atoms with Crippen LogP contribution in [0.15, 0.2) is 18.2 Å². The summed E-state index contributed by atoms with van der Waals surface area (Å²) in [6.45, 7) is 2.23. The second kappa shape index (κ2) is 13.9. The number of hydrazine groups is 1. The lowest BCUT2D eigenvalue weighted by Gasteiger charge is -2.08. The molecule has 4 N–H and O–H groups in total. The Morgan fingerprint density at radius 3 is 1.93 bits per heavy atom. The Labute approximate surface area is 162 Å². The fraction of sp³-hybridized carbons (Fsp3) is 0.619. The van der Waals surface area contributed by atoms with Crippen LogP contribution < -0.4 is 10.9 Å². The number of unbranched alkanes of at least 4 members (excludes halogenated alkanes) is 10. The molecule has 6 nitrogen and oxygen atoms in total. The highest BCUT2D eigenvalue weighted by Gasteiger charge is 2.12. The molecule has 1 rings (SSSR count). The standard InChI is InChI=1S/C21H34N2O4/c1-2-3-4-5-6-7-8-9-10-11-12-13-20(26)22-23-21(27)18-15-14-17(24)16-19(18)25/h14-16,24-25H,2-13H2,1H3,(H,22,26)(H,23,27). The fourth-order valence-electron chi connectivity index (χ4n) is 2.92. The molecule has 0 radical (unpaired) electrons. The predicted octanol–water partition coefficient (Wildman–Crippen LogP) is 4.56. The number of hydrogen-bond donors (Lipinski definition) is 4. The van der Waals surface area contributed by atoms with Crippen LogP contribution in [0, 0.1) is 0 Å². The van der Waals surface area contributed by atoms with Gasteiger partial charge in [-0.1, -0.05) is 71.1 Å². The lowest BCUT2D eigenvalue weighted by molar-refractivity contribution is -0.122. The summed E-state index contributed by atoms with van der Waals surface area (Å²) in [5, 5.41) is 18.8. The number of carbonyl (C=O) groups excluding carboxylic acids is 2. The Bertz CT molecular complexity index is 575. The molecule has 0 aromatic heterocycles. The molecule has 0 saturated heterocycles. The van der Waals surface area contributed by atoms with Crippen LogP contribution in [0.3, 0.4) is 0 Å². The van der Waals surface area contributed by atoms with Crippen LogP contribution >= 0.6 is 0 Å². The minimum absolute atomic E-state index is 0.0113. The van der Waals surface area contributed by atoms with Crippen molar-refractivity contribution in [3.8, 4) is 11.5 Å². The third kappa shape index (κ3) is 10.5. The third-order valence-electron chi connectivity index (χ3n) is 4.55. The monoisotopic (exact) mass is 378 g/mol. The number of benzene rings is 1. The summed E-state index contributed by atoms with van der Waals surface area (Å²) >= 11 is 0. The molecule has 0 bridgehead atoms. The van der Waals surface area contributed by atoms with E-state index in [-0.39, 0.29) is 23.0 Å². The highest BCUT2D eigenvalue weighted by Crippen LogP contribution is 2.22. The van der Waals surface area contributed by atoms with E-state index in [4.69, 9.17) is 0 Å². The number of nitrogens with one attached hydrogen (secondary N) is 2. The quantitative estimate of drug-likeness (QED) is 0.299. The Kier molecular flexibility index (Phi) is 11.7. The molecular weight excluding hydrogens is 344 g/mol. The van der Waals surface area contributed by atoms with Crippen molar-refractivity contribution >= 4 is 11.8 Å². The van der Waals surface area contributed by atoms with Gasteiger partial charge in [-0.2, -0.15) is 0 Å². The minimum Gasteiger partial charge on any atom is -0.508 e. The maximum Gasteiger partial charge on any atom is 0.273 e. The molecule has 1 aromatic carbocycles. The molecule has 6 heteroatoms. The van der Waals surface area contributed by atoms with Crippen LogP contribution in [0.25, 0.3) is 0 Å². The molecule has 27 heavy (non-hydrogen) atoms. The first kappa shape index (κ1) is 22.8. The van der Waals surface area contributed by atoms with E-state index in [1.807, 2.05) is 0 Å². The van der Waals surface area contributed by atoms with Gasteiger partial charge in [0.1, 0.15) is 11.5 Å².